The molecule has 0 aliphatic rings. The van der Waals surface area contributed by atoms with E-state index in [1.807, 2.05) is 0 Å². The fourth-order valence-electron chi connectivity index (χ4n) is 3.06. The van der Waals surface area contributed by atoms with E-state index < -0.39 is 7.92 Å². The van der Waals surface area contributed by atoms with E-state index >= 15 is 0 Å². The molecule has 3 heteroatoms. The van der Waals surface area contributed by atoms with Gasteiger partial charge in [0.25, 0.3) is 5.57 Å². The first-order valence-corrected chi connectivity index (χ1v) is 9.71. The van der Waals surface area contributed by atoms with Crippen LogP contribution in [0.5, 0.6) is 0 Å². The number of aryl methyl sites for hydroxylation is 1. The summed E-state index contributed by atoms with van der Waals surface area (Å²) < 4.78 is 4.56. The number of rotatable bonds is 4. The summed E-state index contributed by atoms with van der Waals surface area (Å²) in [5.74, 6) is 0. The van der Waals surface area contributed by atoms with Gasteiger partial charge < -0.3 is 0 Å². The quantitative estimate of drug-likeness (QED) is 0.398. The predicted octanol–water partition coefficient (Wildman–Crippen LogP) is 3.06. The van der Waals surface area contributed by atoms with E-state index in [-0.39, 0.29) is 0 Å². The standard InChI is InChI=1S/C22H20N2P/c1-23-17-18-24(19-11-5-2-6-12-19)22(23)25(20-13-7-3-8-14-20)21-15-9-4-10-16-21/h2-18H,1H3/q+1. The molecule has 0 aliphatic carbocycles. The highest BCUT2D eigenvalue weighted by molar-refractivity contribution is 7.79. The van der Waals surface area contributed by atoms with Crippen LogP contribution in [0.4, 0.5) is 0 Å². The van der Waals surface area contributed by atoms with Gasteiger partial charge in [-0.2, -0.15) is 4.57 Å². The summed E-state index contributed by atoms with van der Waals surface area (Å²) in [6.45, 7) is 0. The molecule has 1 heterocycles. The maximum atomic E-state index is 2.31. The molecule has 0 bridgehead atoms. The fourth-order valence-corrected chi connectivity index (χ4v) is 5.54. The Labute approximate surface area is 149 Å². The number of hydrogen-bond donors (Lipinski definition) is 0. The summed E-state index contributed by atoms with van der Waals surface area (Å²) >= 11 is 0. The molecular formula is C22H20N2P+. The number of nitrogens with zero attached hydrogens (tertiary/aromatic N) is 2. The number of hydrogen-bond acceptors (Lipinski definition) is 0. The van der Waals surface area contributed by atoms with Crippen molar-refractivity contribution in [3.05, 3.63) is 103 Å². The van der Waals surface area contributed by atoms with Crippen LogP contribution in [0.1, 0.15) is 0 Å². The van der Waals surface area contributed by atoms with Crippen LogP contribution in [0.3, 0.4) is 0 Å². The Morgan fingerprint density at radius 1 is 0.680 bits per heavy atom. The van der Waals surface area contributed by atoms with Gasteiger partial charge in [-0.3, -0.25) is 0 Å². The zero-order valence-corrected chi connectivity index (χ0v) is 15.1. The molecule has 1 aromatic heterocycles. The minimum absolute atomic E-state index is 0.648. The van der Waals surface area contributed by atoms with Crippen LogP contribution < -0.4 is 20.7 Å². The van der Waals surface area contributed by atoms with Gasteiger partial charge in [-0.15, -0.1) is 0 Å². The average Bonchev–Trinajstić information content (AvgIpc) is 3.06. The van der Waals surface area contributed by atoms with Crippen molar-refractivity contribution in [1.82, 2.24) is 4.57 Å². The van der Waals surface area contributed by atoms with Gasteiger partial charge in [-0.1, -0.05) is 78.9 Å². The monoisotopic (exact) mass is 343 g/mol. The molecule has 122 valence electrons. The first kappa shape index (κ1) is 15.8. The van der Waals surface area contributed by atoms with Crippen LogP contribution >= 0.6 is 7.92 Å². The Kier molecular flexibility index (Phi) is 4.45. The van der Waals surface area contributed by atoms with Crippen molar-refractivity contribution in [1.29, 1.82) is 0 Å². The van der Waals surface area contributed by atoms with E-state index in [0.29, 0.717) is 0 Å². The Morgan fingerprint density at radius 2 is 1.16 bits per heavy atom. The normalized spacial score (nSPS) is 11.0. The molecule has 3 aromatic carbocycles. The van der Waals surface area contributed by atoms with Crippen molar-refractivity contribution >= 4 is 24.1 Å². The van der Waals surface area contributed by atoms with E-state index in [1.165, 1.54) is 21.9 Å². The molecular weight excluding hydrogens is 323 g/mol. The van der Waals surface area contributed by atoms with Gasteiger partial charge in [-0.05, 0) is 22.7 Å². The maximum absolute atomic E-state index is 2.31. The van der Waals surface area contributed by atoms with Crippen molar-refractivity contribution in [2.75, 3.05) is 0 Å². The topological polar surface area (TPSA) is 8.81 Å². The minimum atomic E-state index is -0.648. The zero-order chi connectivity index (χ0) is 17.1. The Balaban J connectivity index is 1.94. The van der Waals surface area contributed by atoms with E-state index in [9.17, 15) is 0 Å². The second-order valence-corrected chi connectivity index (χ2v) is 8.02. The van der Waals surface area contributed by atoms with Gasteiger partial charge in [0.05, 0.1) is 15.0 Å². The third kappa shape index (κ3) is 3.14. The molecule has 4 rings (SSSR count). The van der Waals surface area contributed by atoms with Crippen LogP contribution in [-0.4, -0.2) is 4.57 Å². The van der Waals surface area contributed by atoms with E-state index in [1.54, 1.807) is 0 Å². The third-order valence-electron chi connectivity index (χ3n) is 4.23. The Bertz CT molecular complexity index is 908. The van der Waals surface area contributed by atoms with E-state index in [4.69, 9.17) is 0 Å². The maximum Gasteiger partial charge on any atom is 0.290 e. The Hall–Kier alpha value is -2.70. The van der Waals surface area contributed by atoms with Crippen LogP contribution in [-0.2, 0) is 7.05 Å². The molecule has 0 atom stereocenters. The number of aromatic nitrogens is 2. The summed E-state index contributed by atoms with van der Waals surface area (Å²) in [6.07, 6.45) is 4.30. The highest BCUT2D eigenvalue weighted by atomic mass is 31.1. The largest absolute Gasteiger partial charge is 0.290 e. The molecule has 0 saturated heterocycles. The lowest BCUT2D eigenvalue weighted by atomic mass is 10.3. The number of para-hydroxylation sites is 1. The smallest absolute Gasteiger partial charge is 0.232 e. The third-order valence-corrected chi connectivity index (χ3v) is 6.79. The summed E-state index contributed by atoms with van der Waals surface area (Å²) in [5.41, 5.74) is 2.50. The molecule has 0 fully saturated rings. The van der Waals surface area contributed by atoms with Crippen molar-refractivity contribution in [2.45, 2.75) is 0 Å². The highest BCUT2D eigenvalue weighted by Crippen LogP contribution is 2.32. The van der Waals surface area contributed by atoms with Gasteiger partial charge in [0, 0.05) is 0 Å². The van der Waals surface area contributed by atoms with Crippen LogP contribution in [0, 0.1) is 0 Å². The first-order chi connectivity index (χ1) is 12.3. The summed E-state index contributed by atoms with van der Waals surface area (Å²) in [6, 6.07) is 32.2. The van der Waals surface area contributed by atoms with Crippen LogP contribution in [0.2, 0.25) is 0 Å². The second-order valence-electron chi connectivity index (χ2n) is 5.92. The lowest BCUT2D eigenvalue weighted by Crippen LogP contribution is -2.47. The highest BCUT2D eigenvalue weighted by Gasteiger charge is 2.29. The minimum Gasteiger partial charge on any atom is -0.232 e. The molecule has 0 aliphatic heterocycles. The molecule has 0 spiro atoms. The molecule has 4 aromatic rings. The molecule has 0 amide bonds. The second kappa shape index (κ2) is 7.04. The fraction of sp³-hybridized carbons (Fsp3) is 0.0455. The lowest BCUT2D eigenvalue weighted by molar-refractivity contribution is -0.652. The van der Waals surface area contributed by atoms with E-state index in [0.717, 1.165) is 0 Å². The molecule has 0 N–H and O–H groups in total. The molecule has 0 unspecified atom stereocenters. The van der Waals surface area contributed by atoms with Crippen molar-refractivity contribution in [2.24, 2.45) is 7.05 Å². The Morgan fingerprint density at radius 3 is 1.68 bits per heavy atom. The molecule has 25 heavy (non-hydrogen) atoms. The van der Waals surface area contributed by atoms with E-state index in [2.05, 4.69) is 120 Å². The van der Waals surface area contributed by atoms with Crippen LogP contribution in [0.25, 0.3) is 5.69 Å². The van der Waals surface area contributed by atoms with Gasteiger partial charge in [-0.25, -0.2) is 4.57 Å². The van der Waals surface area contributed by atoms with Crippen LogP contribution in [0.15, 0.2) is 103 Å². The summed E-state index contributed by atoms with van der Waals surface area (Å²) in [7, 11) is 1.49. The summed E-state index contributed by atoms with van der Waals surface area (Å²) in [4.78, 5) is 0. The lowest BCUT2D eigenvalue weighted by Gasteiger charge is -2.16. The van der Waals surface area contributed by atoms with Gasteiger partial charge in [0.15, 0.2) is 0 Å². The number of benzene rings is 3. The van der Waals surface area contributed by atoms with Gasteiger partial charge in [0.1, 0.15) is 18.1 Å². The first-order valence-electron chi connectivity index (χ1n) is 8.37. The predicted molar refractivity (Wildman–Crippen MR) is 106 cm³/mol. The molecule has 2 nitrogen and oxygen atoms in total. The average molecular weight is 343 g/mol. The molecule has 0 saturated carbocycles. The molecule has 0 radical (unpaired) electrons. The zero-order valence-electron chi connectivity index (χ0n) is 14.2. The van der Waals surface area contributed by atoms with Crippen molar-refractivity contribution in [3.8, 4) is 5.69 Å². The van der Waals surface area contributed by atoms with Gasteiger partial charge in [0.2, 0.25) is 0 Å². The SMILES string of the molecule is C[n+]1ccn(-c2ccccc2)c1P(c1ccccc1)c1ccccc1. The summed E-state index contributed by atoms with van der Waals surface area (Å²) in [5, 5.41) is 2.71. The van der Waals surface area contributed by atoms with Gasteiger partial charge >= 0.3 is 0 Å². The van der Waals surface area contributed by atoms with Crippen molar-refractivity contribution in [3.63, 3.8) is 0 Å². The van der Waals surface area contributed by atoms with Crippen molar-refractivity contribution < 1.29 is 4.57 Å². The number of imidazole rings is 1.